The number of H-pyrrole nitrogens is 1. The molecule has 0 aliphatic heterocycles. The van der Waals surface area contributed by atoms with Gasteiger partial charge in [-0.1, -0.05) is 12.1 Å². The number of para-hydroxylation sites is 2. The van der Waals surface area contributed by atoms with Gasteiger partial charge in [0, 0.05) is 11.3 Å². The molecule has 0 unspecified atom stereocenters. The van der Waals surface area contributed by atoms with Crippen LogP contribution in [-0.2, 0) is 0 Å². The molecule has 0 saturated heterocycles. The summed E-state index contributed by atoms with van der Waals surface area (Å²) in [6, 6.07) is 20.0. The molecular formula is C20H14N4O. The third kappa shape index (κ3) is 2.33. The van der Waals surface area contributed by atoms with Crippen LogP contribution in [0.25, 0.3) is 39.6 Å². The van der Waals surface area contributed by atoms with Crippen molar-refractivity contribution in [2.75, 3.05) is 0 Å². The number of furan rings is 1. The summed E-state index contributed by atoms with van der Waals surface area (Å²) >= 11 is 0. The Balaban J connectivity index is 1.53. The van der Waals surface area contributed by atoms with E-state index in [-0.39, 0.29) is 0 Å². The van der Waals surface area contributed by atoms with Gasteiger partial charge in [0.15, 0.2) is 5.76 Å². The van der Waals surface area contributed by atoms with Crippen molar-refractivity contribution < 1.29 is 4.42 Å². The van der Waals surface area contributed by atoms with Gasteiger partial charge in [-0.15, -0.1) is 0 Å². The lowest BCUT2D eigenvalue weighted by molar-refractivity contribution is 0.578. The Morgan fingerprint density at radius 3 is 2.60 bits per heavy atom. The van der Waals surface area contributed by atoms with E-state index in [0.717, 1.165) is 39.6 Å². The van der Waals surface area contributed by atoms with Crippen molar-refractivity contribution in [1.29, 1.82) is 0 Å². The van der Waals surface area contributed by atoms with Gasteiger partial charge in [0.05, 0.1) is 29.8 Å². The standard InChI is InChI=1S/C20H14N4O/c1-2-5-17-16(4-1)22-20(23-17)14-7-9-15(10-8-14)24-13-21-12-18(24)19-6-3-11-25-19/h1-13H,(H,22,23). The molecule has 5 rings (SSSR count). The van der Waals surface area contributed by atoms with Crippen LogP contribution in [0.15, 0.2) is 83.9 Å². The van der Waals surface area contributed by atoms with Crippen LogP contribution in [0.4, 0.5) is 0 Å². The molecule has 0 fully saturated rings. The fourth-order valence-corrected chi connectivity index (χ4v) is 2.98. The number of nitrogens with zero attached hydrogens (tertiary/aromatic N) is 3. The Kier molecular flexibility index (Phi) is 3.03. The number of aromatic amines is 1. The molecule has 0 saturated carbocycles. The van der Waals surface area contributed by atoms with Gasteiger partial charge in [0.25, 0.3) is 0 Å². The number of rotatable bonds is 3. The summed E-state index contributed by atoms with van der Waals surface area (Å²) in [7, 11) is 0. The highest BCUT2D eigenvalue weighted by Gasteiger charge is 2.10. The van der Waals surface area contributed by atoms with Crippen LogP contribution in [0.2, 0.25) is 0 Å². The minimum atomic E-state index is 0.791. The molecule has 0 bridgehead atoms. The van der Waals surface area contributed by atoms with Crippen LogP contribution < -0.4 is 0 Å². The second-order valence-electron chi connectivity index (χ2n) is 5.78. The van der Waals surface area contributed by atoms with E-state index in [0.29, 0.717) is 0 Å². The van der Waals surface area contributed by atoms with Gasteiger partial charge < -0.3 is 9.40 Å². The average Bonchev–Trinajstić information content (AvgIpc) is 3.40. The van der Waals surface area contributed by atoms with Crippen molar-refractivity contribution in [3.63, 3.8) is 0 Å². The number of fused-ring (bicyclic) bond motifs is 1. The molecule has 5 heteroatoms. The third-order valence-electron chi connectivity index (χ3n) is 4.22. The summed E-state index contributed by atoms with van der Waals surface area (Å²) in [4.78, 5) is 12.2. The van der Waals surface area contributed by atoms with Gasteiger partial charge in [0.1, 0.15) is 11.5 Å². The fraction of sp³-hybridized carbons (Fsp3) is 0. The van der Waals surface area contributed by atoms with Crippen LogP contribution in [0, 0.1) is 0 Å². The largest absolute Gasteiger partial charge is 0.463 e. The van der Waals surface area contributed by atoms with E-state index >= 15 is 0 Å². The summed E-state index contributed by atoms with van der Waals surface area (Å²) in [5.74, 6) is 1.66. The highest BCUT2D eigenvalue weighted by atomic mass is 16.3. The molecule has 0 radical (unpaired) electrons. The molecule has 5 aromatic rings. The van der Waals surface area contributed by atoms with Gasteiger partial charge >= 0.3 is 0 Å². The average molecular weight is 326 g/mol. The number of benzene rings is 2. The first-order chi connectivity index (χ1) is 12.4. The molecule has 0 aliphatic carbocycles. The van der Waals surface area contributed by atoms with Crippen LogP contribution in [0.5, 0.6) is 0 Å². The van der Waals surface area contributed by atoms with Gasteiger partial charge in [-0.05, 0) is 48.5 Å². The molecule has 120 valence electrons. The number of imidazole rings is 2. The van der Waals surface area contributed by atoms with Crippen LogP contribution in [-0.4, -0.2) is 19.5 Å². The normalized spacial score (nSPS) is 11.2. The topological polar surface area (TPSA) is 59.6 Å². The first kappa shape index (κ1) is 13.8. The minimum Gasteiger partial charge on any atom is -0.463 e. The minimum absolute atomic E-state index is 0.791. The smallest absolute Gasteiger partial charge is 0.152 e. The predicted molar refractivity (Wildman–Crippen MR) is 96.4 cm³/mol. The molecule has 25 heavy (non-hydrogen) atoms. The van der Waals surface area contributed by atoms with Crippen molar-refractivity contribution in [2.45, 2.75) is 0 Å². The SMILES string of the molecule is c1coc(-c2cncn2-c2ccc(-c3nc4ccccc4[nH]3)cc2)c1. The Labute approximate surface area is 143 Å². The lowest BCUT2D eigenvalue weighted by Crippen LogP contribution is -1.94. The summed E-state index contributed by atoms with van der Waals surface area (Å²) < 4.78 is 7.49. The summed E-state index contributed by atoms with van der Waals surface area (Å²) in [6.45, 7) is 0. The maximum Gasteiger partial charge on any atom is 0.152 e. The quantitative estimate of drug-likeness (QED) is 0.524. The van der Waals surface area contributed by atoms with Crippen molar-refractivity contribution in [1.82, 2.24) is 19.5 Å². The van der Waals surface area contributed by atoms with E-state index in [1.165, 1.54) is 0 Å². The molecule has 5 nitrogen and oxygen atoms in total. The highest BCUT2D eigenvalue weighted by molar-refractivity contribution is 5.79. The highest BCUT2D eigenvalue weighted by Crippen LogP contribution is 2.25. The molecule has 2 aromatic carbocycles. The first-order valence-corrected chi connectivity index (χ1v) is 8.00. The maximum absolute atomic E-state index is 5.49. The predicted octanol–water partition coefficient (Wildman–Crippen LogP) is 4.68. The van der Waals surface area contributed by atoms with Crippen molar-refractivity contribution >= 4 is 11.0 Å². The van der Waals surface area contributed by atoms with E-state index < -0.39 is 0 Å². The zero-order valence-corrected chi connectivity index (χ0v) is 13.3. The summed E-state index contributed by atoms with van der Waals surface area (Å²) in [5, 5.41) is 0. The van der Waals surface area contributed by atoms with E-state index in [2.05, 4.69) is 39.2 Å². The van der Waals surface area contributed by atoms with E-state index in [9.17, 15) is 0 Å². The zero-order valence-electron chi connectivity index (χ0n) is 13.3. The Bertz CT molecular complexity index is 1100. The van der Waals surface area contributed by atoms with E-state index in [4.69, 9.17) is 4.42 Å². The Morgan fingerprint density at radius 2 is 1.80 bits per heavy atom. The maximum atomic E-state index is 5.49. The van der Waals surface area contributed by atoms with Gasteiger partial charge in [-0.25, -0.2) is 9.97 Å². The van der Waals surface area contributed by atoms with Crippen LogP contribution in [0.1, 0.15) is 0 Å². The lowest BCUT2D eigenvalue weighted by atomic mass is 10.2. The third-order valence-corrected chi connectivity index (χ3v) is 4.22. The molecule has 0 aliphatic rings. The lowest BCUT2D eigenvalue weighted by Gasteiger charge is -2.07. The van der Waals surface area contributed by atoms with Crippen LogP contribution >= 0.6 is 0 Å². The molecule has 3 aromatic heterocycles. The number of hydrogen-bond donors (Lipinski definition) is 1. The summed E-state index contributed by atoms with van der Waals surface area (Å²) in [6.07, 6.45) is 5.25. The second-order valence-corrected chi connectivity index (χ2v) is 5.78. The Hall–Kier alpha value is -3.60. The van der Waals surface area contributed by atoms with E-state index in [1.54, 1.807) is 18.8 Å². The van der Waals surface area contributed by atoms with Gasteiger partial charge in [-0.2, -0.15) is 0 Å². The molecule has 0 atom stereocenters. The first-order valence-electron chi connectivity index (χ1n) is 8.00. The van der Waals surface area contributed by atoms with E-state index in [1.807, 2.05) is 41.0 Å². The number of hydrogen-bond acceptors (Lipinski definition) is 3. The Morgan fingerprint density at radius 1 is 0.920 bits per heavy atom. The molecule has 3 heterocycles. The van der Waals surface area contributed by atoms with Gasteiger partial charge in [-0.3, -0.25) is 4.57 Å². The fourth-order valence-electron chi connectivity index (χ4n) is 2.98. The zero-order chi connectivity index (χ0) is 16.6. The van der Waals surface area contributed by atoms with Crippen molar-refractivity contribution in [3.8, 4) is 28.5 Å². The molecular weight excluding hydrogens is 312 g/mol. The monoisotopic (exact) mass is 326 g/mol. The molecule has 0 amide bonds. The molecule has 0 spiro atoms. The van der Waals surface area contributed by atoms with Crippen molar-refractivity contribution in [3.05, 3.63) is 79.5 Å². The number of aromatic nitrogens is 4. The molecule has 1 N–H and O–H groups in total. The second kappa shape index (κ2) is 5.49. The van der Waals surface area contributed by atoms with Crippen molar-refractivity contribution in [2.24, 2.45) is 0 Å². The van der Waals surface area contributed by atoms with Gasteiger partial charge in [0.2, 0.25) is 0 Å². The summed E-state index contributed by atoms with van der Waals surface area (Å²) in [5.41, 5.74) is 4.98. The van der Waals surface area contributed by atoms with Crippen LogP contribution in [0.3, 0.4) is 0 Å². The number of nitrogens with one attached hydrogen (secondary N) is 1.